The molecular formula is C29H36FN7O3S. The van der Waals surface area contributed by atoms with Gasteiger partial charge in [-0.15, -0.1) is 0 Å². The van der Waals surface area contributed by atoms with Crippen molar-refractivity contribution in [3.8, 4) is 5.75 Å². The summed E-state index contributed by atoms with van der Waals surface area (Å²) in [7, 11) is 1.61. The third-order valence-corrected chi connectivity index (χ3v) is 7.24. The molecule has 0 aliphatic carbocycles. The van der Waals surface area contributed by atoms with E-state index in [0.717, 1.165) is 23.6 Å². The van der Waals surface area contributed by atoms with Gasteiger partial charge in [-0.2, -0.15) is 15.0 Å². The van der Waals surface area contributed by atoms with Crippen LogP contribution < -0.4 is 20.7 Å². The van der Waals surface area contributed by atoms with Crippen LogP contribution in [0.3, 0.4) is 0 Å². The maximum absolute atomic E-state index is 13.8. The van der Waals surface area contributed by atoms with Crippen LogP contribution >= 0.6 is 11.8 Å². The highest BCUT2D eigenvalue weighted by atomic mass is 32.2. The van der Waals surface area contributed by atoms with Crippen LogP contribution in [-0.4, -0.2) is 64.5 Å². The summed E-state index contributed by atoms with van der Waals surface area (Å²) < 4.78 is 19.1. The van der Waals surface area contributed by atoms with Crippen LogP contribution in [0.2, 0.25) is 0 Å². The number of ether oxygens (including phenoxy) is 1. The SMILES string of the molecule is COc1ccc(Sc2nc(Nc3cccc(F)c3)nc(N[C@@H](CC(C)C)C(=O)NCCCN3CCCC3=O)n2)cc1. The molecule has 0 bridgehead atoms. The largest absolute Gasteiger partial charge is 0.497 e. The third-order valence-electron chi connectivity index (χ3n) is 6.37. The number of hydrogen-bond acceptors (Lipinski definition) is 9. The van der Waals surface area contributed by atoms with Crippen LogP contribution in [0.5, 0.6) is 5.75 Å². The number of hydrogen-bond donors (Lipinski definition) is 3. The third kappa shape index (κ3) is 9.31. The van der Waals surface area contributed by atoms with Gasteiger partial charge < -0.3 is 25.6 Å². The van der Waals surface area contributed by atoms with E-state index in [1.807, 2.05) is 43.0 Å². The van der Waals surface area contributed by atoms with Gasteiger partial charge in [0.1, 0.15) is 17.6 Å². The molecule has 2 amide bonds. The zero-order valence-corrected chi connectivity index (χ0v) is 24.3. The molecule has 0 radical (unpaired) electrons. The molecule has 0 unspecified atom stereocenters. The summed E-state index contributed by atoms with van der Waals surface area (Å²) in [5.74, 6) is 1.00. The van der Waals surface area contributed by atoms with Crippen molar-refractivity contribution in [1.29, 1.82) is 0 Å². The highest BCUT2D eigenvalue weighted by molar-refractivity contribution is 7.99. The molecule has 1 aliphatic heterocycles. The Morgan fingerprint density at radius 3 is 2.59 bits per heavy atom. The molecule has 41 heavy (non-hydrogen) atoms. The van der Waals surface area contributed by atoms with Crippen molar-refractivity contribution in [3.05, 3.63) is 54.3 Å². The predicted molar refractivity (Wildman–Crippen MR) is 157 cm³/mol. The standard InChI is InChI=1S/C29H36FN7O3S/c1-19(2)17-24(26(39)31-14-6-16-37-15-5-9-25(37)38)33-28-34-27(32-21-8-4-7-20(30)18-21)35-29(36-28)41-23-12-10-22(40-3)11-13-23/h4,7-8,10-13,18-19,24H,5-6,9,14-17H2,1-3H3,(H,31,39)(H2,32,33,34,35,36)/t24-/m0/s1. The average Bonchev–Trinajstić information content (AvgIpc) is 3.35. The van der Waals surface area contributed by atoms with Crippen LogP contribution in [0.1, 0.15) is 39.5 Å². The molecule has 1 saturated heterocycles. The van der Waals surface area contributed by atoms with Gasteiger partial charge in [-0.25, -0.2) is 4.39 Å². The number of anilines is 3. The van der Waals surface area contributed by atoms with E-state index in [2.05, 4.69) is 30.9 Å². The smallest absolute Gasteiger partial charge is 0.242 e. The van der Waals surface area contributed by atoms with Crippen molar-refractivity contribution in [3.63, 3.8) is 0 Å². The van der Waals surface area contributed by atoms with Crippen LogP contribution in [0, 0.1) is 11.7 Å². The number of aromatic nitrogens is 3. The Labute approximate surface area is 243 Å². The molecule has 218 valence electrons. The van der Waals surface area contributed by atoms with Gasteiger partial charge in [0.15, 0.2) is 5.16 Å². The van der Waals surface area contributed by atoms with Gasteiger partial charge in [-0.3, -0.25) is 9.59 Å². The first-order valence-electron chi connectivity index (χ1n) is 13.7. The van der Waals surface area contributed by atoms with Gasteiger partial charge in [0.05, 0.1) is 7.11 Å². The second-order valence-corrected chi connectivity index (χ2v) is 11.2. The fourth-order valence-corrected chi connectivity index (χ4v) is 5.12. The van der Waals surface area contributed by atoms with E-state index in [1.54, 1.807) is 19.2 Å². The Hall–Kier alpha value is -3.93. The molecule has 0 spiro atoms. The Kier molecular flexibility index (Phi) is 10.7. The molecule has 2 heterocycles. The van der Waals surface area contributed by atoms with Gasteiger partial charge >= 0.3 is 0 Å². The van der Waals surface area contributed by atoms with Crippen LogP contribution in [0.25, 0.3) is 0 Å². The normalized spacial score (nSPS) is 13.8. The lowest BCUT2D eigenvalue weighted by atomic mass is 10.0. The molecule has 1 aliphatic rings. The second kappa shape index (κ2) is 14.6. The lowest BCUT2D eigenvalue weighted by molar-refractivity contribution is -0.127. The molecule has 4 rings (SSSR count). The number of methoxy groups -OCH3 is 1. The molecule has 10 nitrogen and oxygen atoms in total. The van der Waals surface area contributed by atoms with E-state index in [4.69, 9.17) is 4.74 Å². The minimum atomic E-state index is -0.591. The van der Waals surface area contributed by atoms with Gasteiger partial charge in [-0.1, -0.05) is 19.9 Å². The van der Waals surface area contributed by atoms with E-state index in [1.165, 1.54) is 23.9 Å². The molecule has 12 heteroatoms. The number of carbonyl (C=O) groups excluding carboxylic acids is 2. The zero-order valence-electron chi connectivity index (χ0n) is 23.5. The number of carbonyl (C=O) groups is 2. The Morgan fingerprint density at radius 1 is 1.12 bits per heavy atom. The topological polar surface area (TPSA) is 121 Å². The fourth-order valence-electron chi connectivity index (χ4n) is 4.37. The summed E-state index contributed by atoms with van der Waals surface area (Å²) in [5, 5.41) is 9.61. The summed E-state index contributed by atoms with van der Waals surface area (Å²) in [6, 6.07) is 12.9. The molecule has 1 fully saturated rings. The van der Waals surface area contributed by atoms with Crippen molar-refractivity contribution >= 4 is 41.2 Å². The first kappa shape index (κ1) is 30.0. The lowest BCUT2D eigenvalue weighted by Crippen LogP contribution is -2.42. The van der Waals surface area contributed by atoms with E-state index in [9.17, 15) is 14.0 Å². The minimum Gasteiger partial charge on any atom is -0.497 e. The van der Waals surface area contributed by atoms with E-state index < -0.39 is 11.9 Å². The molecule has 1 atom stereocenters. The van der Waals surface area contributed by atoms with Crippen LogP contribution in [0.4, 0.5) is 22.0 Å². The number of amides is 2. The van der Waals surface area contributed by atoms with Gasteiger partial charge in [0.25, 0.3) is 0 Å². The summed E-state index contributed by atoms with van der Waals surface area (Å²) in [6.07, 6.45) is 2.73. The van der Waals surface area contributed by atoms with E-state index >= 15 is 0 Å². The molecule has 0 saturated carbocycles. The number of benzene rings is 2. The van der Waals surface area contributed by atoms with Crippen molar-refractivity contribution in [2.75, 3.05) is 37.4 Å². The molecule has 3 aromatic rings. The molecule has 1 aromatic heterocycles. The van der Waals surface area contributed by atoms with Crippen LogP contribution in [-0.2, 0) is 9.59 Å². The number of likely N-dealkylation sites (tertiary alicyclic amines) is 1. The number of nitrogens with zero attached hydrogens (tertiary/aromatic N) is 4. The first-order chi connectivity index (χ1) is 19.8. The van der Waals surface area contributed by atoms with Crippen molar-refractivity contribution < 1.29 is 18.7 Å². The van der Waals surface area contributed by atoms with Crippen molar-refractivity contribution in [2.24, 2.45) is 5.92 Å². The van der Waals surface area contributed by atoms with Gasteiger partial charge in [0.2, 0.25) is 23.7 Å². The van der Waals surface area contributed by atoms with E-state index in [0.29, 0.717) is 43.2 Å². The Balaban J connectivity index is 1.50. The van der Waals surface area contributed by atoms with Crippen molar-refractivity contribution in [2.45, 2.75) is 55.6 Å². The average molecular weight is 582 g/mol. The second-order valence-electron chi connectivity index (χ2n) is 10.1. The predicted octanol–water partition coefficient (Wildman–Crippen LogP) is 4.87. The maximum atomic E-state index is 13.8. The highest BCUT2D eigenvalue weighted by Crippen LogP contribution is 2.28. The molecular weight excluding hydrogens is 545 g/mol. The van der Waals surface area contributed by atoms with Crippen LogP contribution in [0.15, 0.2) is 58.6 Å². The zero-order chi connectivity index (χ0) is 29.2. The number of nitrogens with one attached hydrogen (secondary N) is 3. The summed E-state index contributed by atoms with van der Waals surface area (Å²) >= 11 is 1.32. The van der Waals surface area contributed by atoms with Gasteiger partial charge in [-0.05, 0) is 79.4 Å². The van der Waals surface area contributed by atoms with E-state index in [-0.39, 0.29) is 29.6 Å². The maximum Gasteiger partial charge on any atom is 0.242 e. The Morgan fingerprint density at radius 2 is 1.90 bits per heavy atom. The summed E-state index contributed by atoms with van der Waals surface area (Å²) in [5.41, 5.74) is 0.482. The quantitative estimate of drug-likeness (QED) is 0.229. The lowest BCUT2D eigenvalue weighted by Gasteiger charge is -2.21. The summed E-state index contributed by atoms with van der Waals surface area (Å²) in [4.78, 5) is 41.3. The number of halogens is 1. The summed E-state index contributed by atoms with van der Waals surface area (Å²) in [6.45, 7) is 5.95. The number of rotatable bonds is 14. The monoisotopic (exact) mass is 581 g/mol. The molecule has 3 N–H and O–H groups in total. The fraction of sp³-hybridized carbons (Fsp3) is 0.414. The molecule has 2 aromatic carbocycles. The first-order valence-corrected chi connectivity index (χ1v) is 14.5. The highest BCUT2D eigenvalue weighted by Gasteiger charge is 2.23. The Bertz CT molecular complexity index is 1330. The minimum absolute atomic E-state index is 0.171. The van der Waals surface area contributed by atoms with Crippen molar-refractivity contribution in [1.82, 2.24) is 25.2 Å². The van der Waals surface area contributed by atoms with Gasteiger partial charge in [0, 0.05) is 36.6 Å².